The van der Waals surface area contributed by atoms with Gasteiger partial charge in [-0.05, 0) is 62.4 Å². The van der Waals surface area contributed by atoms with Gasteiger partial charge in [-0.1, -0.05) is 46.7 Å². The topological polar surface area (TPSA) is 55.3 Å². The summed E-state index contributed by atoms with van der Waals surface area (Å²) >= 11 is 13.7. The van der Waals surface area contributed by atoms with Gasteiger partial charge in [-0.25, -0.2) is 4.98 Å². The number of hydrogen-bond donors (Lipinski definition) is 0. The largest absolute Gasteiger partial charge is 0.478 e. The molecule has 0 unspecified atom stereocenters. The smallest absolute Gasteiger partial charge is 0.272 e. The second-order valence-corrected chi connectivity index (χ2v) is 9.21. The van der Waals surface area contributed by atoms with Crippen molar-refractivity contribution in [2.45, 2.75) is 26.0 Å². The molecule has 0 aliphatic heterocycles. The van der Waals surface area contributed by atoms with E-state index in [2.05, 4.69) is 9.97 Å². The molecule has 0 aliphatic carbocycles. The van der Waals surface area contributed by atoms with E-state index in [1.807, 2.05) is 30.3 Å². The van der Waals surface area contributed by atoms with Crippen molar-refractivity contribution >= 4 is 55.8 Å². The van der Waals surface area contributed by atoms with Gasteiger partial charge in [0.1, 0.15) is 11.3 Å². The number of halogens is 2. The van der Waals surface area contributed by atoms with Crippen LogP contribution in [0.15, 0.2) is 66.9 Å². The van der Waals surface area contributed by atoms with E-state index in [4.69, 9.17) is 27.9 Å². The number of pyridine rings is 1. The maximum atomic E-state index is 13.7. The molecule has 0 radical (unpaired) electrons. The Labute approximate surface area is 194 Å². The molecule has 0 bridgehead atoms. The number of thiazole rings is 1. The van der Waals surface area contributed by atoms with Crippen molar-refractivity contribution in [1.29, 1.82) is 0 Å². The van der Waals surface area contributed by atoms with Crippen molar-refractivity contribution < 1.29 is 9.53 Å². The van der Waals surface area contributed by atoms with Crippen LogP contribution >= 0.6 is 34.5 Å². The maximum absolute atomic E-state index is 13.7. The van der Waals surface area contributed by atoms with Gasteiger partial charge in [0, 0.05) is 11.2 Å². The standard InChI is InChI=1S/C23H19Cl2N3O2S/c1-23(2,30-17-11-9-15(24)10-12-17)21(29)28(14-16-6-3-4-13-26-16)22-27-20-18(25)7-5-8-19(20)31-22/h3-13H,14H2,1-2H3. The van der Waals surface area contributed by atoms with Gasteiger partial charge in [-0.15, -0.1) is 0 Å². The predicted octanol–water partition coefficient (Wildman–Crippen LogP) is 6.39. The molecule has 4 aromatic rings. The lowest BCUT2D eigenvalue weighted by molar-refractivity contribution is -0.131. The van der Waals surface area contributed by atoms with Crippen LogP contribution in [-0.4, -0.2) is 21.5 Å². The number of anilines is 1. The van der Waals surface area contributed by atoms with Gasteiger partial charge in [-0.2, -0.15) is 0 Å². The number of nitrogens with zero attached hydrogens (tertiary/aromatic N) is 3. The Morgan fingerprint density at radius 2 is 1.84 bits per heavy atom. The number of carbonyl (C=O) groups is 1. The molecule has 2 heterocycles. The number of benzene rings is 2. The molecule has 2 aromatic heterocycles. The molecule has 0 saturated carbocycles. The van der Waals surface area contributed by atoms with E-state index in [0.29, 0.717) is 26.4 Å². The second kappa shape index (κ2) is 8.83. The highest BCUT2D eigenvalue weighted by Gasteiger charge is 2.36. The van der Waals surface area contributed by atoms with Gasteiger partial charge in [0.15, 0.2) is 10.7 Å². The molecule has 158 valence electrons. The quantitative estimate of drug-likeness (QED) is 0.326. The van der Waals surface area contributed by atoms with Crippen LogP contribution < -0.4 is 9.64 Å². The third kappa shape index (κ3) is 4.82. The van der Waals surface area contributed by atoms with E-state index < -0.39 is 5.60 Å². The van der Waals surface area contributed by atoms with Crippen LogP contribution in [0.1, 0.15) is 19.5 Å². The van der Waals surface area contributed by atoms with E-state index in [9.17, 15) is 4.79 Å². The van der Waals surface area contributed by atoms with Crippen molar-refractivity contribution in [3.63, 3.8) is 0 Å². The number of amides is 1. The van der Waals surface area contributed by atoms with Crippen molar-refractivity contribution in [3.8, 4) is 5.75 Å². The fraction of sp³-hybridized carbons (Fsp3) is 0.174. The molecular formula is C23H19Cl2N3O2S. The van der Waals surface area contributed by atoms with Crippen LogP contribution in [-0.2, 0) is 11.3 Å². The first-order valence-corrected chi connectivity index (χ1v) is 11.1. The minimum Gasteiger partial charge on any atom is -0.478 e. The lowest BCUT2D eigenvalue weighted by Gasteiger charge is -2.31. The SMILES string of the molecule is CC(C)(Oc1ccc(Cl)cc1)C(=O)N(Cc1ccccn1)c1nc2c(Cl)cccc2s1. The lowest BCUT2D eigenvalue weighted by atomic mass is 10.1. The molecule has 31 heavy (non-hydrogen) atoms. The Kier molecular flexibility index (Phi) is 6.14. The average molecular weight is 472 g/mol. The molecule has 4 rings (SSSR count). The summed E-state index contributed by atoms with van der Waals surface area (Å²) in [7, 11) is 0. The van der Waals surface area contributed by atoms with Gasteiger partial charge in [0.05, 0.1) is 22.0 Å². The Bertz CT molecular complexity index is 1210. The van der Waals surface area contributed by atoms with E-state index in [-0.39, 0.29) is 12.5 Å². The van der Waals surface area contributed by atoms with Crippen LogP contribution in [0.3, 0.4) is 0 Å². The molecule has 0 aliphatic rings. The zero-order valence-corrected chi connectivity index (χ0v) is 19.2. The van der Waals surface area contributed by atoms with Gasteiger partial charge < -0.3 is 4.74 Å². The van der Waals surface area contributed by atoms with E-state index >= 15 is 0 Å². The average Bonchev–Trinajstić information content (AvgIpc) is 3.19. The number of ether oxygens (including phenoxy) is 1. The summed E-state index contributed by atoms with van der Waals surface area (Å²) in [6, 6.07) is 18.1. The molecule has 5 nitrogen and oxygen atoms in total. The van der Waals surface area contributed by atoms with Crippen LogP contribution in [0.4, 0.5) is 5.13 Å². The van der Waals surface area contributed by atoms with Gasteiger partial charge in [0.2, 0.25) is 0 Å². The van der Waals surface area contributed by atoms with Crippen molar-refractivity contribution in [3.05, 3.63) is 82.6 Å². The number of fused-ring (bicyclic) bond motifs is 1. The molecule has 0 N–H and O–H groups in total. The van der Waals surface area contributed by atoms with Gasteiger partial charge in [0.25, 0.3) is 5.91 Å². The lowest BCUT2D eigenvalue weighted by Crippen LogP contribution is -2.49. The summed E-state index contributed by atoms with van der Waals surface area (Å²) in [6.07, 6.45) is 1.70. The van der Waals surface area contributed by atoms with E-state index in [1.165, 1.54) is 11.3 Å². The third-order valence-electron chi connectivity index (χ3n) is 4.58. The summed E-state index contributed by atoms with van der Waals surface area (Å²) in [5.74, 6) is 0.302. The molecule has 8 heteroatoms. The first-order valence-electron chi connectivity index (χ1n) is 9.55. The van der Waals surface area contributed by atoms with Crippen molar-refractivity contribution in [1.82, 2.24) is 9.97 Å². The van der Waals surface area contributed by atoms with Crippen molar-refractivity contribution in [2.75, 3.05) is 4.90 Å². The van der Waals surface area contributed by atoms with Crippen molar-refractivity contribution in [2.24, 2.45) is 0 Å². The number of carbonyl (C=O) groups excluding carboxylic acids is 1. The molecular weight excluding hydrogens is 453 g/mol. The zero-order valence-electron chi connectivity index (χ0n) is 16.9. The van der Waals surface area contributed by atoms with Crippen LogP contribution in [0.25, 0.3) is 10.2 Å². The summed E-state index contributed by atoms with van der Waals surface area (Å²) in [6.45, 7) is 3.72. The first kappa shape index (κ1) is 21.6. The van der Waals surface area contributed by atoms with E-state index in [0.717, 1.165) is 10.4 Å². The molecule has 1 amide bonds. The minimum atomic E-state index is -1.16. The molecule has 0 atom stereocenters. The fourth-order valence-electron chi connectivity index (χ4n) is 3.06. The van der Waals surface area contributed by atoms with E-state index in [1.54, 1.807) is 55.3 Å². The van der Waals surface area contributed by atoms with Crippen LogP contribution in [0, 0.1) is 0 Å². The molecule has 0 saturated heterocycles. The highest BCUT2D eigenvalue weighted by Crippen LogP contribution is 2.35. The Morgan fingerprint density at radius 1 is 1.06 bits per heavy atom. The second-order valence-electron chi connectivity index (χ2n) is 7.36. The Hall–Kier alpha value is -2.67. The summed E-state index contributed by atoms with van der Waals surface area (Å²) in [5, 5.41) is 1.67. The normalized spacial score (nSPS) is 11.5. The molecule has 0 spiro atoms. The van der Waals surface area contributed by atoms with Crippen LogP contribution in [0.5, 0.6) is 5.75 Å². The van der Waals surface area contributed by atoms with Crippen LogP contribution in [0.2, 0.25) is 10.0 Å². The third-order valence-corrected chi connectivity index (χ3v) is 6.18. The number of rotatable bonds is 6. The Morgan fingerprint density at radius 3 is 2.52 bits per heavy atom. The zero-order chi connectivity index (χ0) is 22.0. The number of hydrogen-bond acceptors (Lipinski definition) is 5. The highest BCUT2D eigenvalue weighted by molar-refractivity contribution is 7.22. The number of para-hydroxylation sites is 1. The number of aromatic nitrogens is 2. The predicted molar refractivity (Wildman–Crippen MR) is 126 cm³/mol. The fourth-order valence-corrected chi connectivity index (χ4v) is 4.45. The summed E-state index contributed by atoms with van der Waals surface area (Å²) in [5.41, 5.74) is 0.243. The molecule has 0 fully saturated rings. The maximum Gasteiger partial charge on any atom is 0.272 e. The summed E-state index contributed by atoms with van der Waals surface area (Å²) < 4.78 is 6.94. The molecule has 2 aromatic carbocycles. The van der Waals surface area contributed by atoms with Gasteiger partial charge >= 0.3 is 0 Å². The monoisotopic (exact) mass is 471 g/mol. The minimum absolute atomic E-state index is 0.247. The van der Waals surface area contributed by atoms with Gasteiger partial charge in [-0.3, -0.25) is 14.7 Å². The Balaban J connectivity index is 1.70. The summed E-state index contributed by atoms with van der Waals surface area (Å²) in [4.78, 5) is 24.3. The first-order chi connectivity index (χ1) is 14.8. The highest BCUT2D eigenvalue weighted by atomic mass is 35.5.